The van der Waals surface area contributed by atoms with Crippen molar-refractivity contribution in [1.82, 2.24) is 0 Å². The summed E-state index contributed by atoms with van der Waals surface area (Å²) in [6, 6.07) is 2.59. The highest BCUT2D eigenvalue weighted by molar-refractivity contribution is 9.10. The van der Waals surface area contributed by atoms with Crippen LogP contribution in [0.4, 0.5) is 5.69 Å². The third kappa shape index (κ3) is 4.04. The quantitative estimate of drug-likeness (QED) is 0.541. The summed E-state index contributed by atoms with van der Waals surface area (Å²) in [6.45, 7) is 1.72. The van der Waals surface area contributed by atoms with Gasteiger partial charge in [-0.25, -0.2) is 9.59 Å². The van der Waals surface area contributed by atoms with Crippen molar-refractivity contribution >= 4 is 39.5 Å². The summed E-state index contributed by atoms with van der Waals surface area (Å²) in [6.07, 6.45) is 0. The molecule has 1 rings (SSSR count). The van der Waals surface area contributed by atoms with Crippen molar-refractivity contribution in [3.63, 3.8) is 0 Å². The van der Waals surface area contributed by atoms with E-state index in [0.717, 1.165) is 0 Å². The first-order chi connectivity index (χ1) is 9.36. The zero-order valence-corrected chi connectivity index (χ0v) is 12.1. The number of esters is 1. The van der Waals surface area contributed by atoms with E-state index in [2.05, 4.69) is 26.0 Å². The van der Waals surface area contributed by atoms with Crippen LogP contribution in [0, 0.1) is 0 Å². The third-order valence-electron chi connectivity index (χ3n) is 2.30. The molecule has 1 unspecified atom stereocenters. The SMILES string of the molecule is CCOC(=O)C(N)C(=O)Nc1ccc(C(=O)O)cc1Br. The van der Waals surface area contributed by atoms with Gasteiger partial charge < -0.3 is 20.9 Å². The fourth-order valence-electron chi connectivity index (χ4n) is 1.30. The first kappa shape index (κ1) is 16.1. The number of benzene rings is 1. The van der Waals surface area contributed by atoms with E-state index >= 15 is 0 Å². The molecule has 0 fully saturated rings. The minimum absolute atomic E-state index is 0.0598. The molecule has 0 aliphatic rings. The lowest BCUT2D eigenvalue weighted by atomic mass is 10.2. The van der Waals surface area contributed by atoms with Crippen LogP contribution in [-0.2, 0) is 14.3 Å². The Kier molecular flexibility index (Phi) is 5.66. The maximum atomic E-state index is 11.7. The molecule has 0 saturated carbocycles. The smallest absolute Gasteiger partial charge is 0.335 e. The van der Waals surface area contributed by atoms with Gasteiger partial charge in [0.05, 0.1) is 17.9 Å². The second-order valence-electron chi connectivity index (χ2n) is 3.72. The van der Waals surface area contributed by atoms with Crippen LogP contribution in [-0.4, -0.2) is 35.6 Å². The Morgan fingerprint density at radius 2 is 2.10 bits per heavy atom. The molecule has 7 nitrogen and oxygen atoms in total. The second kappa shape index (κ2) is 7.01. The Labute approximate surface area is 123 Å². The Morgan fingerprint density at radius 3 is 2.60 bits per heavy atom. The van der Waals surface area contributed by atoms with Gasteiger partial charge in [0.15, 0.2) is 6.04 Å². The van der Waals surface area contributed by atoms with E-state index in [-0.39, 0.29) is 12.2 Å². The molecule has 0 radical (unpaired) electrons. The number of ether oxygens (including phenoxy) is 1. The van der Waals surface area contributed by atoms with Gasteiger partial charge in [-0.05, 0) is 41.1 Å². The van der Waals surface area contributed by atoms with Crippen LogP contribution in [0.5, 0.6) is 0 Å². The third-order valence-corrected chi connectivity index (χ3v) is 2.95. The van der Waals surface area contributed by atoms with Crippen molar-refractivity contribution in [3.05, 3.63) is 28.2 Å². The number of carboxylic acids is 1. The van der Waals surface area contributed by atoms with E-state index in [9.17, 15) is 14.4 Å². The van der Waals surface area contributed by atoms with Gasteiger partial charge in [-0.2, -0.15) is 0 Å². The fraction of sp³-hybridized carbons (Fsp3) is 0.250. The molecule has 1 aromatic rings. The van der Waals surface area contributed by atoms with Gasteiger partial charge in [-0.1, -0.05) is 0 Å². The molecule has 1 atom stereocenters. The number of rotatable bonds is 5. The van der Waals surface area contributed by atoms with E-state index in [1.54, 1.807) is 6.92 Å². The number of nitrogens with two attached hydrogens (primary N) is 1. The van der Waals surface area contributed by atoms with Crippen molar-refractivity contribution in [3.8, 4) is 0 Å². The topological polar surface area (TPSA) is 119 Å². The van der Waals surface area contributed by atoms with Gasteiger partial charge in [0.2, 0.25) is 0 Å². The summed E-state index contributed by atoms with van der Waals surface area (Å²) in [5.74, 6) is -2.66. The van der Waals surface area contributed by atoms with Crippen LogP contribution in [0.15, 0.2) is 22.7 Å². The van der Waals surface area contributed by atoms with E-state index in [4.69, 9.17) is 10.8 Å². The summed E-state index contributed by atoms with van der Waals surface area (Å²) in [5.41, 5.74) is 5.79. The molecule has 8 heteroatoms. The summed E-state index contributed by atoms with van der Waals surface area (Å²) < 4.78 is 4.99. The molecule has 0 saturated heterocycles. The Bertz CT molecular complexity index is 547. The number of nitrogens with one attached hydrogen (secondary N) is 1. The summed E-state index contributed by atoms with van der Waals surface area (Å²) >= 11 is 3.13. The van der Waals surface area contributed by atoms with Crippen molar-refractivity contribution in [1.29, 1.82) is 0 Å². The zero-order chi connectivity index (χ0) is 15.3. The number of carbonyl (C=O) groups is 3. The maximum absolute atomic E-state index is 11.7. The average Bonchev–Trinajstić information content (AvgIpc) is 2.40. The van der Waals surface area contributed by atoms with Crippen LogP contribution in [0.2, 0.25) is 0 Å². The van der Waals surface area contributed by atoms with E-state index in [0.29, 0.717) is 10.2 Å². The van der Waals surface area contributed by atoms with Crippen LogP contribution < -0.4 is 11.1 Å². The minimum Gasteiger partial charge on any atom is -0.478 e. The van der Waals surface area contributed by atoms with Crippen molar-refractivity contribution < 1.29 is 24.2 Å². The Balaban J connectivity index is 2.81. The Hall–Kier alpha value is -1.93. The Morgan fingerprint density at radius 1 is 1.45 bits per heavy atom. The number of hydrogen-bond donors (Lipinski definition) is 3. The molecule has 20 heavy (non-hydrogen) atoms. The molecule has 1 aromatic carbocycles. The molecule has 1 amide bonds. The molecule has 108 valence electrons. The molecular formula is C12H13BrN2O5. The molecule has 0 heterocycles. The minimum atomic E-state index is -1.44. The monoisotopic (exact) mass is 344 g/mol. The van der Waals surface area contributed by atoms with Crippen LogP contribution in [0.25, 0.3) is 0 Å². The van der Waals surface area contributed by atoms with Gasteiger partial charge in [0, 0.05) is 4.47 Å². The zero-order valence-electron chi connectivity index (χ0n) is 10.6. The number of carboxylic acid groups (broad SMARTS) is 1. The second-order valence-corrected chi connectivity index (χ2v) is 4.57. The van der Waals surface area contributed by atoms with Crippen LogP contribution in [0.3, 0.4) is 0 Å². The van der Waals surface area contributed by atoms with E-state index < -0.39 is 23.9 Å². The van der Waals surface area contributed by atoms with Crippen molar-refractivity contribution in [2.75, 3.05) is 11.9 Å². The fourth-order valence-corrected chi connectivity index (χ4v) is 1.78. The lowest BCUT2D eigenvalue weighted by Crippen LogP contribution is -2.43. The normalized spacial score (nSPS) is 11.6. The largest absolute Gasteiger partial charge is 0.478 e. The summed E-state index contributed by atoms with van der Waals surface area (Å²) in [7, 11) is 0. The predicted octanol–water partition coefficient (Wildman–Crippen LogP) is 0.976. The first-order valence-electron chi connectivity index (χ1n) is 5.62. The van der Waals surface area contributed by atoms with Gasteiger partial charge in [-0.15, -0.1) is 0 Å². The predicted molar refractivity (Wildman–Crippen MR) is 74.3 cm³/mol. The molecule has 4 N–H and O–H groups in total. The van der Waals surface area contributed by atoms with Gasteiger partial charge in [0.25, 0.3) is 5.91 Å². The highest BCUT2D eigenvalue weighted by Crippen LogP contribution is 2.23. The van der Waals surface area contributed by atoms with Crippen LogP contribution >= 0.6 is 15.9 Å². The number of carbonyl (C=O) groups excluding carboxylic acids is 2. The molecule has 0 spiro atoms. The summed E-state index contributed by atoms with van der Waals surface area (Å²) in [4.78, 5) is 33.8. The number of hydrogen-bond acceptors (Lipinski definition) is 5. The number of amides is 1. The lowest BCUT2D eigenvalue weighted by molar-refractivity contribution is -0.146. The van der Waals surface area contributed by atoms with Crippen molar-refractivity contribution in [2.24, 2.45) is 5.73 Å². The standard InChI is InChI=1S/C12H13BrN2O5/c1-2-20-12(19)9(14)10(16)15-8-4-3-6(11(17)18)5-7(8)13/h3-5,9H,2,14H2,1H3,(H,15,16)(H,17,18). The van der Waals surface area contributed by atoms with Gasteiger partial charge in [-0.3, -0.25) is 4.79 Å². The highest BCUT2D eigenvalue weighted by atomic mass is 79.9. The number of aromatic carboxylic acids is 1. The average molecular weight is 345 g/mol. The molecule has 0 bridgehead atoms. The molecule has 0 aromatic heterocycles. The number of anilines is 1. The maximum Gasteiger partial charge on any atom is 0.335 e. The number of halogens is 1. The van der Waals surface area contributed by atoms with E-state index in [1.165, 1.54) is 18.2 Å². The van der Waals surface area contributed by atoms with Crippen molar-refractivity contribution in [2.45, 2.75) is 13.0 Å². The van der Waals surface area contributed by atoms with Crippen LogP contribution in [0.1, 0.15) is 17.3 Å². The van der Waals surface area contributed by atoms with E-state index in [1.807, 2.05) is 0 Å². The lowest BCUT2D eigenvalue weighted by Gasteiger charge is -2.12. The first-order valence-corrected chi connectivity index (χ1v) is 6.42. The summed E-state index contributed by atoms with van der Waals surface area (Å²) in [5, 5.41) is 11.2. The molecular weight excluding hydrogens is 332 g/mol. The molecule has 0 aliphatic carbocycles. The highest BCUT2D eigenvalue weighted by Gasteiger charge is 2.24. The molecule has 0 aliphatic heterocycles. The van der Waals surface area contributed by atoms with Gasteiger partial charge >= 0.3 is 11.9 Å². The van der Waals surface area contributed by atoms with Gasteiger partial charge in [0.1, 0.15) is 0 Å².